The Labute approximate surface area is 103 Å². The van der Waals surface area contributed by atoms with Crippen molar-refractivity contribution in [3.05, 3.63) is 11.9 Å². The molecule has 2 atom stereocenters. The normalized spacial score (nSPS) is 28.6. The molecule has 1 aliphatic rings. The molecule has 1 N–H and O–H groups in total. The van der Waals surface area contributed by atoms with Gasteiger partial charge < -0.3 is 10.1 Å². The molecule has 0 spiro atoms. The zero-order chi connectivity index (χ0) is 12.5. The molecule has 1 aromatic heterocycles. The lowest BCUT2D eigenvalue weighted by molar-refractivity contribution is 0.366. The second-order valence-electron chi connectivity index (χ2n) is 5.17. The fourth-order valence-corrected chi connectivity index (χ4v) is 3.07. The van der Waals surface area contributed by atoms with Gasteiger partial charge in [0.15, 0.2) is 5.75 Å². The van der Waals surface area contributed by atoms with Gasteiger partial charge in [-0.1, -0.05) is 6.92 Å². The number of nitrogens with zero attached hydrogens (tertiary/aromatic N) is 2. The molecule has 1 aromatic rings. The fraction of sp³-hybridized carbons (Fsp3) is 0.769. The average Bonchev–Trinajstić information content (AvgIpc) is 2.92. The number of rotatable bonds is 4. The smallest absolute Gasteiger partial charge is 0.160 e. The molecule has 4 nitrogen and oxygen atoms in total. The van der Waals surface area contributed by atoms with Crippen molar-refractivity contribution in [2.24, 2.45) is 0 Å². The molecule has 2 rings (SSSR count). The minimum absolute atomic E-state index is 0.186. The van der Waals surface area contributed by atoms with Gasteiger partial charge in [0.25, 0.3) is 0 Å². The molecule has 4 heteroatoms. The Hall–Kier alpha value is -1.03. The second-order valence-corrected chi connectivity index (χ2v) is 5.17. The first-order valence-corrected chi connectivity index (χ1v) is 6.42. The highest BCUT2D eigenvalue weighted by atomic mass is 16.5. The molecule has 1 saturated carbocycles. The summed E-state index contributed by atoms with van der Waals surface area (Å²) in [6.45, 7) is 5.36. The molecule has 0 saturated heterocycles. The highest BCUT2D eigenvalue weighted by Crippen LogP contribution is 2.44. The largest absolute Gasteiger partial charge is 0.493 e. The van der Waals surface area contributed by atoms with Crippen molar-refractivity contribution in [1.82, 2.24) is 15.1 Å². The molecule has 2 unspecified atom stereocenters. The van der Waals surface area contributed by atoms with E-state index >= 15 is 0 Å². The summed E-state index contributed by atoms with van der Waals surface area (Å²) in [6, 6.07) is 0.616. The monoisotopic (exact) mass is 237 g/mol. The number of aryl methyl sites for hydroxylation is 1. The number of methoxy groups -OCH3 is 1. The van der Waals surface area contributed by atoms with Crippen molar-refractivity contribution in [1.29, 1.82) is 0 Å². The van der Waals surface area contributed by atoms with E-state index in [1.54, 1.807) is 7.11 Å². The number of ether oxygens (including phenoxy) is 1. The predicted octanol–water partition coefficient (Wildman–Crippen LogP) is 1.94. The van der Waals surface area contributed by atoms with Crippen LogP contribution in [0, 0.1) is 0 Å². The Kier molecular flexibility index (Phi) is 3.43. The maximum atomic E-state index is 5.47. The van der Waals surface area contributed by atoms with Gasteiger partial charge in [0.05, 0.1) is 19.0 Å². The van der Waals surface area contributed by atoms with Gasteiger partial charge in [-0.2, -0.15) is 5.10 Å². The van der Waals surface area contributed by atoms with Crippen LogP contribution in [0.4, 0.5) is 0 Å². The van der Waals surface area contributed by atoms with Crippen molar-refractivity contribution in [2.45, 2.75) is 51.1 Å². The standard InChI is InChI=1S/C13H23N3O/c1-5-16-12(11(17-4)9-15-16)13(2)7-6-10(8-13)14-3/h9-10,14H,5-8H2,1-4H3. The lowest BCUT2D eigenvalue weighted by Gasteiger charge is -2.26. The average molecular weight is 237 g/mol. The van der Waals surface area contributed by atoms with Crippen LogP contribution in [-0.2, 0) is 12.0 Å². The SMILES string of the molecule is CCn1ncc(OC)c1C1(C)CCC(NC)C1. The third-order valence-corrected chi connectivity index (χ3v) is 4.05. The summed E-state index contributed by atoms with van der Waals surface area (Å²) < 4.78 is 7.55. The highest BCUT2D eigenvalue weighted by Gasteiger charge is 2.40. The Morgan fingerprint density at radius 3 is 2.94 bits per heavy atom. The summed E-state index contributed by atoms with van der Waals surface area (Å²) in [6.07, 6.45) is 5.42. The first kappa shape index (κ1) is 12.4. The first-order valence-electron chi connectivity index (χ1n) is 6.42. The lowest BCUT2D eigenvalue weighted by atomic mass is 9.84. The van der Waals surface area contributed by atoms with Crippen LogP contribution < -0.4 is 10.1 Å². The molecule has 1 aliphatic carbocycles. The Morgan fingerprint density at radius 2 is 2.41 bits per heavy atom. The second kappa shape index (κ2) is 4.69. The summed E-state index contributed by atoms with van der Waals surface area (Å²) >= 11 is 0. The summed E-state index contributed by atoms with van der Waals surface area (Å²) in [5.41, 5.74) is 1.45. The van der Waals surface area contributed by atoms with Gasteiger partial charge in [-0.05, 0) is 33.2 Å². The number of hydrogen-bond donors (Lipinski definition) is 1. The van der Waals surface area contributed by atoms with E-state index in [2.05, 4.69) is 28.9 Å². The van der Waals surface area contributed by atoms with Crippen LogP contribution in [0.3, 0.4) is 0 Å². The van der Waals surface area contributed by atoms with E-state index < -0.39 is 0 Å². The molecule has 0 bridgehead atoms. The van der Waals surface area contributed by atoms with Crippen LogP contribution in [-0.4, -0.2) is 30.0 Å². The van der Waals surface area contributed by atoms with E-state index in [-0.39, 0.29) is 5.41 Å². The number of hydrogen-bond acceptors (Lipinski definition) is 3. The van der Waals surface area contributed by atoms with Crippen molar-refractivity contribution in [2.75, 3.05) is 14.2 Å². The van der Waals surface area contributed by atoms with E-state index in [9.17, 15) is 0 Å². The molecule has 0 aromatic carbocycles. The topological polar surface area (TPSA) is 39.1 Å². The minimum atomic E-state index is 0.186. The van der Waals surface area contributed by atoms with E-state index in [0.717, 1.165) is 18.7 Å². The molecular formula is C13H23N3O. The van der Waals surface area contributed by atoms with Gasteiger partial charge in [0, 0.05) is 18.0 Å². The van der Waals surface area contributed by atoms with Crippen LogP contribution in [0.25, 0.3) is 0 Å². The number of nitrogens with one attached hydrogen (secondary N) is 1. The van der Waals surface area contributed by atoms with Crippen LogP contribution >= 0.6 is 0 Å². The van der Waals surface area contributed by atoms with Crippen molar-refractivity contribution in [3.8, 4) is 5.75 Å². The molecule has 0 amide bonds. The summed E-state index contributed by atoms with van der Waals surface area (Å²) in [4.78, 5) is 0. The maximum absolute atomic E-state index is 5.47. The predicted molar refractivity (Wildman–Crippen MR) is 68.5 cm³/mol. The number of aromatic nitrogens is 2. The Balaban J connectivity index is 2.35. The maximum Gasteiger partial charge on any atom is 0.160 e. The molecule has 96 valence electrons. The first-order chi connectivity index (χ1) is 8.14. The zero-order valence-electron chi connectivity index (χ0n) is 11.3. The van der Waals surface area contributed by atoms with Crippen LogP contribution in [0.1, 0.15) is 38.8 Å². The van der Waals surface area contributed by atoms with Crippen LogP contribution in [0.15, 0.2) is 6.20 Å². The van der Waals surface area contributed by atoms with Crippen molar-refractivity contribution < 1.29 is 4.74 Å². The third kappa shape index (κ3) is 2.06. The molecule has 1 fully saturated rings. The molecule has 17 heavy (non-hydrogen) atoms. The van der Waals surface area contributed by atoms with Crippen molar-refractivity contribution in [3.63, 3.8) is 0 Å². The highest BCUT2D eigenvalue weighted by molar-refractivity contribution is 5.33. The van der Waals surface area contributed by atoms with Crippen LogP contribution in [0.2, 0.25) is 0 Å². The third-order valence-electron chi connectivity index (χ3n) is 4.05. The van der Waals surface area contributed by atoms with Gasteiger partial charge in [-0.25, -0.2) is 0 Å². The Morgan fingerprint density at radius 1 is 1.65 bits per heavy atom. The minimum Gasteiger partial charge on any atom is -0.493 e. The van der Waals surface area contributed by atoms with Gasteiger partial charge >= 0.3 is 0 Å². The van der Waals surface area contributed by atoms with E-state index in [1.165, 1.54) is 18.5 Å². The lowest BCUT2D eigenvalue weighted by Crippen LogP contribution is -2.28. The van der Waals surface area contributed by atoms with Gasteiger partial charge in [-0.3, -0.25) is 4.68 Å². The molecule has 0 radical (unpaired) electrons. The molecular weight excluding hydrogens is 214 g/mol. The summed E-state index contributed by atoms with van der Waals surface area (Å²) in [5, 5.41) is 7.80. The summed E-state index contributed by atoms with van der Waals surface area (Å²) in [7, 11) is 3.78. The summed E-state index contributed by atoms with van der Waals surface area (Å²) in [5.74, 6) is 0.936. The van der Waals surface area contributed by atoms with Crippen molar-refractivity contribution >= 4 is 0 Å². The van der Waals surface area contributed by atoms with E-state index in [4.69, 9.17) is 4.74 Å². The van der Waals surface area contributed by atoms with Crippen LogP contribution in [0.5, 0.6) is 5.75 Å². The molecule has 1 heterocycles. The molecule has 0 aliphatic heterocycles. The van der Waals surface area contributed by atoms with Gasteiger partial charge in [0.1, 0.15) is 0 Å². The van der Waals surface area contributed by atoms with E-state index in [1.807, 2.05) is 13.2 Å². The van der Waals surface area contributed by atoms with Gasteiger partial charge in [-0.15, -0.1) is 0 Å². The van der Waals surface area contributed by atoms with E-state index in [0.29, 0.717) is 6.04 Å². The quantitative estimate of drug-likeness (QED) is 0.870. The zero-order valence-corrected chi connectivity index (χ0v) is 11.3. The fourth-order valence-electron chi connectivity index (χ4n) is 3.07. The van der Waals surface area contributed by atoms with Gasteiger partial charge in [0.2, 0.25) is 0 Å². The Bertz CT molecular complexity index is 367.